The number of carbonyl (C=O) groups is 1. The molecule has 1 rings (SSSR count). The Hall–Kier alpha value is -1.52. The second-order valence-electron chi connectivity index (χ2n) is 2.33. The van der Waals surface area contributed by atoms with Crippen molar-refractivity contribution in [3.05, 3.63) is 34.9 Å². The van der Waals surface area contributed by atoms with Gasteiger partial charge in [-0.1, -0.05) is 0 Å². The van der Waals surface area contributed by atoms with Crippen molar-refractivity contribution in [2.75, 3.05) is 0 Å². The van der Waals surface area contributed by atoms with Gasteiger partial charge in [-0.05, 0) is 12.1 Å². The van der Waals surface area contributed by atoms with Gasteiger partial charge < -0.3 is 5.11 Å². The molecule has 0 amide bonds. The smallest absolute Gasteiger partial charge is 0.338 e. The molecule has 1 aromatic rings. The van der Waals surface area contributed by atoms with Gasteiger partial charge in [0.05, 0.1) is 11.1 Å². The van der Waals surface area contributed by atoms with E-state index in [1.165, 1.54) is 0 Å². The zero-order valence-corrected chi connectivity index (χ0v) is 6.35. The summed E-state index contributed by atoms with van der Waals surface area (Å²) in [6.07, 6.45) is 0. The molecule has 70 valence electrons. The molecule has 2 nitrogen and oxygen atoms in total. The van der Waals surface area contributed by atoms with Gasteiger partial charge in [-0.15, -0.1) is 0 Å². The molecule has 0 aliphatic heterocycles. The lowest BCUT2D eigenvalue weighted by Crippen LogP contribution is -2.04. The quantitative estimate of drug-likeness (QED) is 0.775. The molecule has 0 unspecified atom stereocenters. The third-order valence-corrected chi connectivity index (χ3v) is 1.55. The maximum Gasteiger partial charge on any atom is 0.338 e. The third-order valence-electron chi connectivity index (χ3n) is 1.55. The minimum absolute atomic E-state index is 0.724. The number of aromatic carboxylic acids is 1. The van der Waals surface area contributed by atoms with Crippen molar-refractivity contribution >= 4 is 5.97 Å². The van der Waals surface area contributed by atoms with Crippen LogP contribution in [0.15, 0.2) is 12.1 Å². The zero-order valence-electron chi connectivity index (χ0n) is 6.35. The van der Waals surface area contributed by atoms with Gasteiger partial charge in [-0.2, -0.15) is 0 Å². The number of carboxylic acids is 1. The first-order valence-electron chi connectivity index (χ1n) is 3.34. The van der Waals surface area contributed by atoms with Crippen molar-refractivity contribution in [1.82, 2.24) is 0 Å². The minimum atomic E-state index is -1.55. The summed E-state index contributed by atoms with van der Waals surface area (Å²) < 4.78 is 37.6. The molecule has 0 bridgehead atoms. The van der Waals surface area contributed by atoms with E-state index in [-0.39, 0.29) is 0 Å². The van der Waals surface area contributed by atoms with Crippen LogP contribution in [0.4, 0.5) is 13.2 Å². The van der Waals surface area contributed by atoms with Gasteiger partial charge in [0.1, 0.15) is 18.3 Å². The Morgan fingerprint density at radius 1 is 1.38 bits per heavy atom. The van der Waals surface area contributed by atoms with Crippen LogP contribution in [0.25, 0.3) is 0 Å². The van der Waals surface area contributed by atoms with Crippen molar-refractivity contribution in [2.45, 2.75) is 6.67 Å². The molecule has 13 heavy (non-hydrogen) atoms. The first-order valence-corrected chi connectivity index (χ1v) is 3.34. The maximum atomic E-state index is 12.9. The molecule has 1 aromatic carbocycles. The van der Waals surface area contributed by atoms with Gasteiger partial charge in [0.2, 0.25) is 0 Å². The Morgan fingerprint density at radius 2 is 2.00 bits per heavy atom. The number of hydrogen-bond donors (Lipinski definition) is 1. The van der Waals surface area contributed by atoms with Crippen LogP contribution in [0.3, 0.4) is 0 Å². The molecule has 5 heteroatoms. The van der Waals surface area contributed by atoms with Crippen molar-refractivity contribution in [2.24, 2.45) is 0 Å². The number of carboxylic acid groups (broad SMARTS) is 1. The van der Waals surface area contributed by atoms with E-state index in [9.17, 15) is 18.0 Å². The summed E-state index contributed by atoms with van der Waals surface area (Å²) in [4.78, 5) is 10.3. The van der Waals surface area contributed by atoms with Crippen LogP contribution in [0.1, 0.15) is 15.9 Å². The predicted octanol–water partition coefficient (Wildman–Crippen LogP) is 2.13. The fourth-order valence-electron chi connectivity index (χ4n) is 0.885. The molecule has 0 aliphatic carbocycles. The Kier molecular flexibility index (Phi) is 2.55. The van der Waals surface area contributed by atoms with Crippen LogP contribution >= 0.6 is 0 Å². The van der Waals surface area contributed by atoms with Crippen molar-refractivity contribution in [1.29, 1.82) is 0 Å². The van der Waals surface area contributed by atoms with Crippen LogP contribution in [-0.2, 0) is 6.67 Å². The molecule has 0 saturated carbocycles. The molecular formula is C8H5F3O2. The number of benzene rings is 1. The number of halogens is 3. The Balaban J connectivity index is 3.35. The van der Waals surface area contributed by atoms with Crippen LogP contribution in [0.2, 0.25) is 0 Å². The zero-order chi connectivity index (χ0) is 10.0. The minimum Gasteiger partial charge on any atom is -0.478 e. The van der Waals surface area contributed by atoms with Crippen LogP contribution in [0, 0.1) is 11.6 Å². The summed E-state index contributed by atoms with van der Waals surface area (Å²) in [5.74, 6) is -3.98. The normalized spacial score (nSPS) is 10.1. The Labute approximate surface area is 71.6 Å². The summed E-state index contributed by atoms with van der Waals surface area (Å²) in [5, 5.41) is 8.39. The van der Waals surface area contributed by atoms with Crippen molar-refractivity contribution in [3.63, 3.8) is 0 Å². The molecule has 1 N–H and O–H groups in total. The van der Waals surface area contributed by atoms with Crippen LogP contribution in [-0.4, -0.2) is 11.1 Å². The second kappa shape index (κ2) is 3.47. The van der Waals surface area contributed by atoms with Gasteiger partial charge in [0, 0.05) is 0 Å². The van der Waals surface area contributed by atoms with Gasteiger partial charge in [-0.3, -0.25) is 0 Å². The summed E-state index contributed by atoms with van der Waals surface area (Å²) in [7, 11) is 0. The largest absolute Gasteiger partial charge is 0.478 e. The molecule has 0 heterocycles. The van der Waals surface area contributed by atoms with E-state index in [4.69, 9.17) is 5.11 Å². The van der Waals surface area contributed by atoms with E-state index >= 15 is 0 Å². The highest BCUT2D eigenvalue weighted by atomic mass is 19.1. The molecule has 0 spiro atoms. The van der Waals surface area contributed by atoms with E-state index < -0.39 is 35.4 Å². The van der Waals surface area contributed by atoms with E-state index in [1.807, 2.05) is 0 Å². The van der Waals surface area contributed by atoms with Gasteiger partial charge in [0.15, 0.2) is 0 Å². The van der Waals surface area contributed by atoms with Crippen molar-refractivity contribution < 1.29 is 23.1 Å². The van der Waals surface area contributed by atoms with Gasteiger partial charge >= 0.3 is 5.97 Å². The van der Waals surface area contributed by atoms with E-state index in [1.54, 1.807) is 0 Å². The highest BCUT2D eigenvalue weighted by Gasteiger charge is 2.17. The summed E-state index contributed by atoms with van der Waals surface area (Å²) in [6, 6.07) is 1.48. The molecule has 0 saturated heterocycles. The average molecular weight is 190 g/mol. The lowest BCUT2D eigenvalue weighted by atomic mass is 10.1. The number of rotatable bonds is 2. The van der Waals surface area contributed by atoms with Crippen LogP contribution < -0.4 is 0 Å². The van der Waals surface area contributed by atoms with E-state index in [0.29, 0.717) is 0 Å². The molecular weight excluding hydrogens is 185 g/mol. The topological polar surface area (TPSA) is 37.3 Å². The Morgan fingerprint density at radius 3 is 2.46 bits per heavy atom. The molecule has 0 aliphatic rings. The summed E-state index contributed by atoms with van der Waals surface area (Å²) in [5.41, 5.74) is -1.58. The van der Waals surface area contributed by atoms with Gasteiger partial charge in [0.25, 0.3) is 0 Å². The lowest BCUT2D eigenvalue weighted by Gasteiger charge is -2.02. The SMILES string of the molecule is O=C(O)c1ccc(F)c(CF)c1F. The lowest BCUT2D eigenvalue weighted by molar-refractivity contribution is 0.0691. The summed E-state index contributed by atoms with van der Waals surface area (Å²) in [6.45, 7) is -1.36. The van der Waals surface area contributed by atoms with E-state index in [0.717, 1.165) is 12.1 Å². The highest BCUT2D eigenvalue weighted by molar-refractivity contribution is 5.88. The van der Waals surface area contributed by atoms with E-state index in [2.05, 4.69) is 0 Å². The predicted molar refractivity (Wildman–Crippen MR) is 38.1 cm³/mol. The standard InChI is InChI=1S/C8H5F3O2/c9-3-5-6(10)2-1-4(7(5)11)8(12)13/h1-2H,3H2,(H,12,13). The van der Waals surface area contributed by atoms with Crippen LogP contribution in [0.5, 0.6) is 0 Å². The molecule has 0 aromatic heterocycles. The Bertz CT molecular complexity index is 349. The first kappa shape index (κ1) is 9.57. The monoisotopic (exact) mass is 190 g/mol. The van der Waals surface area contributed by atoms with Crippen molar-refractivity contribution in [3.8, 4) is 0 Å². The fraction of sp³-hybridized carbons (Fsp3) is 0.125. The highest BCUT2D eigenvalue weighted by Crippen LogP contribution is 2.17. The average Bonchev–Trinajstić information content (AvgIpc) is 2.04. The fourth-order valence-corrected chi connectivity index (χ4v) is 0.885. The number of alkyl halides is 1. The summed E-state index contributed by atoms with van der Waals surface area (Å²) >= 11 is 0. The first-order chi connectivity index (χ1) is 6.07. The second-order valence-corrected chi connectivity index (χ2v) is 2.33. The number of hydrogen-bond acceptors (Lipinski definition) is 1. The molecule has 0 fully saturated rings. The molecule has 0 atom stereocenters. The third kappa shape index (κ3) is 1.63. The maximum absolute atomic E-state index is 12.9. The van der Waals surface area contributed by atoms with Gasteiger partial charge in [-0.25, -0.2) is 18.0 Å². The molecule has 0 radical (unpaired) electrons.